The predicted molar refractivity (Wildman–Crippen MR) is 285 cm³/mol. The highest BCUT2D eigenvalue weighted by Crippen LogP contribution is 2.58. The van der Waals surface area contributed by atoms with Gasteiger partial charge in [-0.25, -0.2) is 0 Å². The minimum Gasteiger partial charge on any atom is -0.308 e. The molecule has 1 aromatic heterocycles. The maximum Gasteiger partial charge on any atom is 0.0714 e. The van der Waals surface area contributed by atoms with E-state index >= 15 is 0 Å². The molecule has 0 aliphatic heterocycles. The van der Waals surface area contributed by atoms with Crippen LogP contribution in [-0.2, 0) is 5.41 Å². The van der Waals surface area contributed by atoms with Crippen molar-refractivity contribution in [1.29, 1.82) is 0 Å². The Labute approximate surface area is 395 Å². The number of anilines is 3. The van der Waals surface area contributed by atoms with E-state index < -0.39 is 5.41 Å². The molecule has 0 atom stereocenters. The summed E-state index contributed by atoms with van der Waals surface area (Å²) in [5, 5.41) is 5.04. The summed E-state index contributed by atoms with van der Waals surface area (Å²) in [5.41, 5.74) is 17.5. The average Bonchev–Trinajstić information content (AvgIpc) is 3.93. The van der Waals surface area contributed by atoms with Gasteiger partial charge in [-0.1, -0.05) is 218 Å². The van der Waals surface area contributed by atoms with Gasteiger partial charge in [-0.2, -0.15) is 0 Å². The Kier molecular flexibility index (Phi) is 9.33. The van der Waals surface area contributed by atoms with E-state index in [9.17, 15) is 0 Å². The fourth-order valence-electron chi connectivity index (χ4n) is 10.9. The van der Waals surface area contributed by atoms with E-state index in [1.807, 2.05) is 11.3 Å². The number of rotatable bonds is 8. The van der Waals surface area contributed by atoms with Gasteiger partial charge in [-0.05, 0) is 114 Å². The molecular weight excluding hydrogens is 827 g/mol. The molecule has 11 aromatic carbocycles. The van der Waals surface area contributed by atoms with Crippen molar-refractivity contribution in [3.05, 3.63) is 283 Å². The molecule has 314 valence electrons. The van der Waals surface area contributed by atoms with Crippen LogP contribution >= 0.6 is 11.3 Å². The number of benzene rings is 11. The number of hydrogen-bond donors (Lipinski definition) is 0. The number of para-hydroxylation sites is 1. The summed E-state index contributed by atoms with van der Waals surface area (Å²) in [6.45, 7) is 0. The van der Waals surface area contributed by atoms with Crippen LogP contribution in [-0.4, -0.2) is 0 Å². The maximum absolute atomic E-state index is 2.53. The summed E-state index contributed by atoms with van der Waals surface area (Å²) in [5.74, 6) is 0. The van der Waals surface area contributed by atoms with Crippen molar-refractivity contribution >= 4 is 59.3 Å². The van der Waals surface area contributed by atoms with Crippen molar-refractivity contribution in [3.63, 3.8) is 0 Å². The lowest BCUT2D eigenvalue weighted by Gasteiger charge is -2.35. The first-order valence-electron chi connectivity index (χ1n) is 23.1. The second-order valence-corrected chi connectivity index (χ2v) is 18.6. The van der Waals surface area contributed by atoms with Crippen LogP contribution in [0.1, 0.15) is 22.3 Å². The first-order valence-corrected chi connectivity index (χ1v) is 23.9. The van der Waals surface area contributed by atoms with Crippen LogP contribution in [0.3, 0.4) is 0 Å². The van der Waals surface area contributed by atoms with Crippen molar-refractivity contribution in [2.24, 2.45) is 0 Å². The predicted octanol–water partition coefficient (Wildman–Crippen LogP) is 18.0. The first kappa shape index (κ1) is 39.1. The Hall–Kier alpha value is -8.30. The summed E-state index contributed by atoms with van der Waals surface area (Å²) in [4.78, 5) is 2.53. The van der Waals surface area contributed by atoms with Crippen molar-refractivity contribution in [2.45, 2.75) is 5.41 Å². The smallest absolute Gasteiger partial charge is 0.0714 e. The topological polar surface area (TPSA) is 3.24 Å². The Balaban J connectivity index is 1.07. The van der Waals surface area contributed by atoms with Crippen LogP contribution in [0.5, 0.6) is 0 Å². The quantitative estimate of drug-likeness (QED) is 0.147. The molecule has 1 heterocycles. The van der Waals surface area contributed by atoms with Gasteiger partial charge in [-0.15, -0.1) is 11.3 Å². The lowest BCUT2D eigenvalue weighted by molar-refractivity contribution is 0.768. The van der Waals surface area contributed by atoms with Gasteiger partial charge in [0.2, 0.25) is 0 Å². The molecule has 0 radical (unpaired) electrons. The lowest BCUT2D eigenvalue weighted by atomic mass is 9.67. The minimum atomic E-state index is -0.613. The third kappa shape index (κ3) is 6.37. The second-order valence-electron chi connectivity index (χ2n) is 17.6. The highest BCUT2D eigenvalue weighted by Gasteiger charge is 2.46. The van der Waals surface area contributed by atoms with E-state index in [0.29, 0.717) is 0 Å². The largest absolute Gasteiger partial charge is 0.308 e. The summed E-state index contributed by atoms with van der Waals surface area (Å²) >= 11 is 1.87. The fraction of sp³-hybridized carbons (Fsp3) is 0.0154. The number of fused-ring (bicyclic) bond motifs is 7. The third-order valence-electron chi connectivity index (χ3n) is 13.9. The molecule has 1 aliphatic rings. The van der Waals surface area contributed by atoms with Crippen molar-refractivity contribution in [2.75, 3.05) is 4.90 Å². The standard InChI is InChI=1S/C65H43NS/c1-4-17-44(18-5-1)46-31-34-47(35-32-46)54-25-12-14-28-61(54)66(62-29-16-27-58-57-26-13-15-30-63(57)67-64(58)62)53-38-40-56-55-39-37-50(49-36-33-45-19-10-11-20-48(45)41-49)42-59(55)65(60(56)43-53,51-21-6-2-7-22-51)52-23-8-3-9-24-52/h1-43H. The monoisotopic (exact) mass is 869 g/mol. The number of nitrogens with zero attached hydrogens (tertiary/aromatic N) is 1. The second kappa shape index (κ2) is 16.0. The van der Waals surface area contributed by atoms with Crippen LogP contribution in [0.25, 0.3) is 75.5 Å². The lowest BCUT2D eigenvalue weighted by Crippen LogP contribution is -2.28. The normalized spacial score (nSPS) is 12.6. The van der Waals surface area contributed by atoms with Crippen LogP contribution in [0.4, 0.5) is 17.1 Å². The Morgan fingerprint density at radius 3 is 1.63 bits per heavy atom. The molecule has 67 heavy (non-hydrogen) atoms. The zero-order valence-electron chi connectivity index (χ0n) is 36.7. The molecule has 0 N–H and O–H groups in total. The average molecular weight is 870 g/mol. The van der Waals surface area contributed by atoms with E-state index in [2.05, 4.69) is 266 Å². The molecule has 0 amide bonds. The van der Waals surface area contributed by atoms with Crippen molar-refractivity contribution < 1.29 is 0 Å². The van der Waals surface area contributed by atoms with Crippen LogP contribution in [0, 0.1) is 0 Å². The molecule has 0 fully saturated rings. The van der Waals surface area contributed by atoms with Crippen molar-refractivity contribution in [3.8, 4) is 44.5 Å². The van der Waals surface area contributed by atoms with E-state index in [1.165, 1.54) is 97.7 Å². The molecule has 12 aromatic rings. The zero-order chi connectivity index (χ0) is 44.3. The van der Waals surface area contributed by atoms with E-state index in [1.54, 1.807) is 0 Å². The fourth-order valence-corrected chi connectivity index (χ4v) is 12.1. The molecule has 0 bridgehead atoms. The van der Waals surface area contributed by atoms with Crippen LogP contribution in [0.2, 0.25) is 0 Å². The molecular formula is C65H43NS. The van der Waals surface area contributed by atoms with Gasteiger partial charge in [-0.3, -0.25) is 0 Å². The molecule has 1 aliphatic carbocycles. The van der Waals surface area contributed by atoms with Gasteiger partial charge in [0.05, 0.1) is 21.5 Å². The first-order chi connectivity index (χ1) is 33.2. The summed E-state index contributed by atoms with van der Waals surface area (Å²) in [6, 6.07) is 96.6. The van der Waals surface area contributed by atoms with E-state index in [-0.39, 0.29) is 0 Å². The highest BCUT2D eigenvalue weighted by atomic mass is 32.1. The van der Waals surface area contributed by atoms with E-state index in [4.69, 9.17) is 0 Å². The van der Waals surface area contributed by atoms with Gasteiger partial charge >= 0.3 is 0 Å². The molecule has 13 rings (SSSR count). The van der Waals surface area contributed by atoms with Crippen LogP contribution in [0.15, 0.2) is 261 Å². The molecule has 0 saturated carbocycles. The number of thiophene rings is 1. The molecule has 1 nitrogen and oxygen atoms in total. The van der Waals surface area contributed by atoms with Crippen molar-refractivity contribution in [1.82, 2.24) is 0 Å². The van der Waals surface area contributed by atoms with Gasteiger partial charge in [0.15, 0.2) is 0 Å². The molecule has 0 spiro atoms. The molecule has 0 unspecified atom stereocenters. The van der Waals surface area contributed by atoms with E-state index in [0.717, 1.165) is 17.1 Å². The van der Waals surface area contributed by atoms with Crippen LogP contribution < -0.4 is 4.90 Å². The van der Waals surface area contributed by atoms with Gasteiger partial charge < -0.3 is 4.90 Å². The Morgan fingerprint density at radius 2 is 0.851 bits per heavy atom. The number of hydrogen-bond acceptors (Lipinski definition) is 2. The Bertz CT molecular complexity index is 3760. The molecule has 2 heteroatoms. The highest BCUT2D eigenvalue weighted by molar-refractivity contribution is 7.26. The summed E-state index contributed by atoms with van der Waals surface area (Å²) in [7, 11) is 0. The minimum absolute atomic E-state index is 0.613. The van der Waals surface area contributed by atoms with Gasteiger partial charge in [0.1, 0.15) is 0 Å². The SMILES string of the molecule is c1ccc(-c2ccc(-c3ccccc3N(c3ccc4c(c3)C(c3ccccc3)(c3ccccc3)c3cc(-c5ccc6ccccc6c5)ccc3-4)c3cccc4c3sc3ccccc34)cc2)cc1. The zero-order valence-corrected chi connectivity index (χ0v) is 37.5. The maximum atomic E-state index is 2.53. The van der Waals surface area contributed by atoms with Gasteiger partial charge in [0, 0.05) is 26.7 Å². The molecule has 0 saturated heterocycles. The summed E-state index contributed by atoms with van der Waals surface area (Å²) in [6.07, 6.45) is 0. The third-order valence-corrected chi connectivity index (χ3v) is 15.2. The Morgan fingerprint density at radius 1 is 0.313 bits per heavy atom. The van der Waals surface area contributed by atoms with Gasteiger partial charge in [0.25, 0.3) is 0 Å². The summed E-state index contributed by atoms with van der Waals surface area (Å²) < 4.78 is 2.55.